The Morgan fingerprint density at radius 2 is 2.00 bits per heavy atom. The van der Waals surface area contributed by atoms with E-state index in [0.29, 0.717) is 6.10 Å². The third-order valence-corrected chi connectivity index (χ3v) is 1.85. The van der Waals surface area contributed by atoms with Gasteiger partial charge in [0.2, 0.25) is 0 Å². The molecule has 2 atom stereocenters. The maximum absolute atomic E-state index is 5.64. The van der Waals surface area contributed by atoms with Crippen molar-refractivity contribution in [3.05, 3.63) is 0 Å². The summed E-state index contributed by atoms with van der Waals surface area (Å²) < 4.78 is 11.0. The van der Waals surface area contributed by atoms with Crippen LogP contribution in [0.3, 0.4) is 0 Å². The number of rotatable bonds is 4. The van der Waals surface area contributed by atoms with Crippen LogP contribution in [0.2, 0.25) is 0 Å². The highest BCUT2D eigenvalue weighted by Crippen LogP contribution is 2.31. The van der Waals surface area contributed by atoms with E-state index < -0.39 is 0 Å². The van der Waals surface area contributed by atoms with Crippen molar-refractivity contribution in [3.8, 4) is 0 Å². The van der Waals surface area contributed by atoms with Crippen LogP contribution in [0.1, 0.15) is 47.0 Å². The zero-order valence-corrected chi connectivity index (χ0v) is 8.59. The van der Waals surface area contributed by atoms with Gasteiger partial charge >= 0.3 is 0 Å². The summed E-state index contributed by atoms with van der Waals surface area (Å²) in [5, 5.41) is 0. The van der Waals surface area contributed by atoms with Gasteiger partial charge in [-0.15, -0.1) is 0 Å². The fourth-order valence-corrected chi connectivity index (χ4v) is 1.19. The van der Waals surface area contributed by atoms with Crippen LogP contribution in [0, 0.1) is 0 Å². The minimum Gasteiger partial charge on any atom is -0.344 e. The van der Waals surface area contributed by atoms with E-state index in [1.807, 2.05) is 0 Å². The van der Waals surface area contributed by atoms with E-state index in [1.165, 1.54) is 12.8 Å². The molecule has 12 heavy (non-hydrogen) atoms. The average Bonchev–Trinajstić information content (AvgIpc) is 2.60. The fraction of sp³-hybridized carbons (Fsp3) is 1.00. The molecular weight excluding hydrogens is 152 g/mol. The lowest BCUT2D eigenvalue weighted by Crippen LogP contribution is -2.21. The van der Waals surface area contributed by atoms with E-state index in [2.05, 4.69) is 27.7 Å². The van der Waals surface area contributed by atoms with Crippen LogP contribution in [-0.4, -0.2) is 18.0 Å². The summed E-state index contributed by atoms with van der Waals surface area (Å²) >= 11 is 0. The highest BCUT2D eigenvalue weighted by Gasteiger charge is 2.41. The molecule has 0 aliphatic carbocycles. The van der Waals surface area contributed by atoms with Gasteiger partial charge in [-0.1, -0.05) is 19.8 Å². The van der Waals surface area contributed by atoms with Gasteiger partial charge in [-0.3, -0.25) is 0 Å². The Kier molecular flexibility index (Phi) is 3.13. The molecule has 2 heteroatoms. The number of ether oxygens (including phenoxy) is 2. The lowest BCUT2D eigenvalue weighted by molar-refractivity contribution is -0.0570. The molecule has 0 bridgehead atoms. The van der Waals surface area contributed by atoms with Crippen molar-refractivity contribution in [2.24, 2.45) is 0 Å². The molecule has 0 aromatic heterocycles. The molecule has 0 saturated carbocycles. The maximum atomic E-state index is 5.64. The molecule has 2 nitrogen and oxygen atoms in total. The van der Waals surface area contributed by atoms with E-state index in [1.54, 1.807) is 0 Å². The molecule has 0 amide bonds. The number of hydrogen-bond acceptors (Lipinski definition) is 2. The molecule has 0 N–H and O–H groups in total. The topological polar surface area (TPSA) is 21.8 Å². The Morgan fingerprint density at radius 1 is 1.33 bits per heavy atom. The van der Waals surface area contributed by atoms with E-state index in [-0.39, 0.29) is 11.9 Å². The molecule has 72 valence electrons. The van der Waals surface area contributed by atoms with E-state index >= 15 is 0 Å². The van der Waals surface area contributed by atoms with Crippen LogP contribution in [0.5, 0.6) is 0 Å². The van der Waals surface area contributed by atoms with Crippen LogP contribution in [0.4, 0.5) is 0 Å². The van der Waals surface area contributed by atoms with Crippen molar-refractivity contribution in [3.63, 3.8) is 0 Å². The zero-order chi connectivity index (χ0) is 9.19. The van der Waals surface area contributed by atoms with Gasteiger partial charge in [0.05, 0.1) is 5.60 Å². The molecule has 1 rings (SSSR count). The Hall–Kier alpha value is -0.0800. The van der Waals surface area contributed by atoms with Crippen molar-refractivity contribution in [1.29, 1.82) is 0 Å². The van der Waals surface area contributed by atoms with Crippen LogP contribution in [0.15, 0.2) is 0 Å². The standard InChI is InChI=1S/C10H20O2/c1-5-6-7-8-9(11-8)12-10(2,3)4/h8-9H,5-7H2,1-4H3. The first-order valence-electron chi connectivity index (χ1n) is 4.86. The Labute approximate surface area is 75.2 Å². The summed E-state index contributed by atoms with van der Waals surface area (Å²) in [7, 11) is 0. The fourth-order valence-electron chi connectivity index (χ4n) is 1.19. The predicted molar refractivity (Wildman–Crippen MR) is 49.0 cm³/mol. The molecule has 0 radical (unpaired) electrons. The summed E-state index contributed by atoms with van der Waals surface area (Å²) in [4.78, 5) is 0. The largest absolute Gasteiger partial charge is 0.344 e. The number of hydrogen-bond donors (Lipinski definition) is 0. The third-order valence-electron chi connectivity index (χ3n) is 1.85. The Morgan fingerprint density at radius 3 is 2.50 bits per heavy atom. The van der Waals surface area contributed by atoms with Crippen molar-refractivity contribution in [1.82, 2.24) is 0 Å². The monoisotopic (exact) mass is 172 g/mol. The molecule has 1 aliphatic heterocycles. The first-order valence-corrected chi connectivity index (χ1v) is 4.86. The lowest BCUT2D eigenvalue weighted by Gasteiger charge is -2.17. The van der Waals surface area contributed by atoms with Gasteiger partial charge in [-0.25, -0.2) is 0 Å². The first-order chi connectivity index (χ1) is 5.53. The quantitative estimate of drug-likeness (QED) is 0.608. The minimum atomic E-state index is -0.0639. The van der Waals surface area contributed by atoms with Crippen molar-refractivity contribution < 1.29 is 9.47 Å². The van der Waals surface area contributed by atoms with Crippen LogP contribution in [0.25, 0.3) is 0 Å². The first kappa shape index (κ1) is 10.0. The Bertz CT molecular complexity index is 137. The van der Waals surface area contributed by atoms with E-state index in [0.717, 1.165) is 6.42 Å². The van der Waals surface area contributed by atoms with Gasteiger partial charge in [-0.2, -0.15) is 0 Å². The van der Waals surface area contributed by atoms with Crippen molar-refractivity contribution >= 4 is 0 Å². The minimum absolute atomic E-state index is 0.0639. The van der Waals surface area contributed by atoms with Gasteiger partial charge in [0.25, 0.3) is 0 Å². The highest BCUT2D eigenvalue weighted by atomic mass is 16.8. The SMILES string of the molecule is CCCCC1OC1OC(C)(C)C. The number of epoxide rings is 1. The van der Waals surface area contributed by atoms with Crippen molar-refractivity contribution in [2.75, 3.05) is 0 Å². The van der Waals surface area contributed by atoms with Crippen LogP contribution in [-0.2, 0) is 9.47 Å². The second-order valence-corrected chi connectivity index (χ2v) is 4.42. The predicted octanol–water partition coefficient (Wildman–Crippen LogP) is 2.72. The second kappa shape index (κ2) is 3.75. The maximum Gasteiger partial charge on any atom is 0.184 e. The summed E-state index contributed by atoms with van der Waals surface area (Å²) in [6, 6.07) is 0. The van der Waals surface area contributed by atoms with Crippen LogP contribution < -0.4 is 0 Å². The summed E-state index contributed by atoms with van der Waals surface area (Å²) in [5.41, 5.74) is -0.0639. The average molecular weight is 172 g/mol. The van der Waals surface area contributed by atoms with Gasteiger partial charge < -0.3 is 9.47 Å². The lowest BCUT2D eigenvalue weighted by atomic mass is 10.2. The normalized spacial score (nSPS) is 29.0. The molecule has 0 aromatic rings. The molecule has 0 aromatic carbocycles. The summed E-state index contributed by atoms with van der Waals surface area (Å²) in [5.74, 6) is 0. The van der Waals surface area contributed by atoms with Gasteiger partial charge in [0, 0.05) is 0 Å². The molecule has 0 spiro atoms. The van der Waals surface area contributed by atoms with Crippen LogP contribution >= 0.6 is 0 Å². The van der Waals surface area contributed by atoms with Gasteiger partial charge in [0.1, 0.15) is 6.10 Å². The molecule has 1 saturated heterocycles. The van der Waals surface area contributed by atoms with E-state index in [4.69, 9.17) is 9.47 Å². The molecule has 1 heterocycles. The molecule has 2 unspecified atom stereocenters. The zero-order valence-electron chi connectivity index (χ0n) is 8.59. The number of unbranched alkanes of at least 4 members (excludes halogenated alkanes) is 1. The molecule has 1 fully saturated rings. The summed E-state index contributed by atoms with van der Waals surface area (Å²) in [6.07, 6.45) is 4.09. The second-order valence-electron chi connectivity index (χ2n) is 4.42. The highest BCUT2D eigenvalue weighted by molar-refractivity contribution is 4.79. The summed E-state index contributed by atoms with van der Waals surface area (Å²) in [6.45, 7) is 8.38. The third kappa shape index (κ3) is 3.55. The molecular formula is C10H20O2. The van der Waals surface area contributed by atoms with Gasteiger partial charge in [0.15, 0.2) is 6.29 Å². The smallest absolute Gasteiger partial charge is 0.184 e. The Balaban J connectivity index is 2.08. The van der Waals surface area contributed by atoms with Gasteiger partial charge in [-0.05, 0) is 27.2 Å². The van der Waals surface area contributed by atoms with E-state index in [9.17, 15) is 0 Å². The molecule has 1 aliphatic rings. The van der Waals surface area contributed by atoms with Crippen molar-refractivity contribution in [2.45, 2.75) is 65.0 Å².